The van der Waals surface area contributed by atoms with Crippen molar-refractivity contribution >= 4 is 46.6 Å². The molecular formula is C41H35ClN12O4. The summed E-state index contributed by atoms with van der Waals surface area (Å²) in [5.41, 5.74) is 6.95. The van der Waals surface area contributed by atoms with Gasteiger partial charge in [0.15, 0.2) is 5.82 Å². The fraction of sp³-hybridized carbons (Fsp3) is 0.268. The summed E-state index contributed by atoms with van der Waals surface area (Å²) in [6.45, 7) is 3.47. The summed E-state index contributed by atoms with van der Waals surface area (Å²) >= 11 is 6.28. The van der Waals surface area contributed by atoms with Gasteiger partial charge in [0.05, 0.1) is 41.5 Å². The molecule has 4 aliphatic rings. The van der Waals surface area contributed by atoms with Gasteiger partial charge in [-0.2, -0.15) is 5.10 Å². The summed E-state index contributed by atoms with van der Waals surface area (Å²) in [6, 6.07) is 18.1. The lowest BCUT2D eigenvalue weighted by Gasteiger charge is -2.27. The molecule has 6 heterocycles. The van der Waals surface area contributed by atoms with Crippen LogP contribution in [0.5, 0.6) is 0 Å². The summed E-state index contributed by atoms with van der Waals surface area (Å²) < 4.78 is 5.82. The number of nitrogens with one attached hydrogen (secondary N) is 2. The molecule has 17 heteroatoms. The zero-order valence-corrected chi connectivity index (χ0v) is 32.0. The molecule has 290 valence electrons. The lowest BCUT2D eigenvalue weighted by atomic mass is 9.96. The van der Waals surface area contributed by atoms with E-state index in [4.69, 9.17) is 16.6 Å². The van der Waals surface area contributed by atoms with Gasteiger partial charge in [-0.3, -0.25) is 48.3 Å². The summed E-state index contributed by atoms with van der Waals surface area (Å²) in [4.78, 5) is 57.1. The topological polar surface area (TPSA) is 187 Å². The minimum atomic E-state index is -1.03. The molecule has 1 saturated heterocycles. The van der Waals surface area contributed by atoms with Crippen molar-refractivity contribution in [3.63, 3.8) is 0 Å². The van der Waals surface area contributed by atoms with Crippen molar-refractivity contribution in [2.75, 3.05) is 5.32 Å². The Morgan fingerprint density at radius 1 is 0.879 bits per heavy atom. The molecule has 58 heavy (non-hydrogen) atoms. The maximum absolute atomic E-state index is 13.4. The number of hydrogen-bond acceptors (Lipinski definition) is 11. The number of imide groups is 2. The smallest absolute Gasteiger partial charge is 0.264 e. The van der Waals surface area contributed by atoms with E-state index in [9.17, 15) is 19.2 Å². The first kappa shape index (κ1) is 35.6. The monoisotopic (exact) mass is 794 g/mol. The SMILES string of the molecule is Cc1nnc2n1-c1ccc(-c3cnn(CCCn4cc(CNc5cccc6c5C(=O)N(C5CCC(=O)NC5=O)C6=O)nn4)c3)cc1C(c1ccc(Cl)cc1)=NC21CC1. The number of aromatic nitrogens is 8. The van der Waals surface area contributed by atoms with Gasteiger partial charge in [-0.25, -0.2) is 0 Å². The van der Waals surface area contributed by atoms with Crippen LogP contribution in [0.2, 0.25) is 5.02 Å². The Morgan fingerprint density at radius 2 is 1.69 bits per heavy atom. The third kappa shape index (κ3) is 6.07. The Bertz CT molecular complexity index is 2730. The molecule has 3 aliphatic heterocycles. The van der Waals surface area contributed by atoms with Crippen LogP contribution in [0, 0.1) is 6.92 Å². The highest BCUT2D eigenvalue weighted by molar-refractivity contribution is 6.30. The lowest BCUT2D eigenvalue weighted by Crippen LogP contribution is -2.54. The fourth-order valence-corrected chi connectivity index (χ4v) is 8.19. The highest BCUT2D eigenvalue weighted by Crippen LogP contribution is 2.52. The molecule has 1 spiro atoms. The summed E-state index contributed by atoms with van der Waals surface area (Å²) in [7, 11) is 0. The van der Waals surface area contributed by atoms with Gasteiger partial charge in [0, 0.05) is 53.1 Å². The van der Waals surface area contributed by atoms with Gasteiger partial charge < -0.3 is 5.32 Å². The molecule has 16 nitrogen and oxygen atoms in total. The molecule has 1 saturated carbocycles. The highest BCUT2D eigenvalue weighted by atomic mass is 35.5. The first-order valence-electron chi connectivity index (χ1n) is 19.1. The molecule has 2 N–H and O–H groups in total. The predicted octanol–water partition coefficient (Wildman–Crippen LogP) is 4.63. The standard InChI is InChI=1S/C41H35ClN12O4/c1-23-47-49-40-41(14-15-41)46-36(24-6-9-27(42)10-7-24)30-18-25(8-11-32(30)53(23)40)26-19-44-51(21-26)16-3-17-52-22-28(48-50-52)20-43-31-5-2-4-29-35(31)39(58)54(38(29)57)33-12-13-34(55)45-37(33)56/h2,4-11,18-19,21-22,33,43H,3,12-17,20H2,1H3,(H,45,55,56). The number of piperidine rings is 1. The average Bonchev–Trinajstić information content (AvgIpc) is 3.51. The van der Waals surface area contributed by atoms with Crippen LogP contribution in [0.15, 0.2) is 84.2 Å². The number of benzene rings is 3. The van der Waals surface area contributed by atoms with Gasteiger partial charge in [0.2, 0.25) is 11.8 Å². The second kappa shape index (κ2) is 13.7. The van der Waals surface area contributed by atoms with E-state index in [1.54, 1.807) is 22.9 Å². The normalized spacial score (nSPS) is 17.8. The number of hydrogen-bond donors (Lipinski definition) is 2. The fourth-order valence-electron chi connectivity index (χ4n) is 8.06. The highest BCUT2D eigenvalue weighted by Gasteiger charge is 2.51. The number of carbonyl (C=O) groups is 4. The van der Waals surface area contributed by atoms with Gasteiger partial charge in [0.25, 0.3) is 11.8 Å². The summed E-state index contributed by atoms with van der Waals surface area (Å²) in [5.74, 6) is -0.509. The van der Waals surface area contributed by atoms with Gasteiger partial charge >= 0.3 is 0 Å². The van der Waals surface area contributed by atoms with Crippen molar-refractivity contribution in [1.82, 2.24) is 49.8 Å². The quantitative estimate of drug-likeness (QED) is 0.185. The van der Waals surface area contributed by atoms with Gasteiger partial charge in [0.1, 0.15) is 23.1 Å². The minimum absolute atomic E-state index is 0.0548. The second-order valence-corrected chi connectivity index (χ2v) is 15.4. The summed E-state index contributed by atoms with van der Waals surface area (Å²) in [5, 5.41) is 28.4. The molecule has 6 aromatic rings. The first-order valence-corrected chi connectivity index (χ1v) is 19.5. The van der Waals surface area contributed by atoms with Crippen molar-refractivity contribution < 1.29 is 19.2 Å². The van der Waals surface area contributed by atoms with Gasteiger partial charge in [-0.15, -0.1) is 15.3 Å². The lowest BCUT2D eigenvalue weighted by molar-refractivity contribution is -0.136. The van der Waals surface area contributed by atoms with E-state index in [2.05, 4.69) is 59.0 Å². The molecule has 1 aliphatic carbocycles. The zero-order valence-electron chi connectivity index (χ0n) is 31.2. The maximum Gasteiger partial charge on any atom is 0.264 e. The second-order valence-electron chi connectivity index (χ2n) is 15.0. The van der Waals surface area contributed by atoms with Crippen molar-refractivity contribution in [3.8, 4) is 16.8 Å². The van der Waals surface area contributed by atoms with Crippen LogP contribution in [0.25, 0.3) is 16.8 Å². The molecule has 1 atom stereocenters. The Hall–Kier alpha value is -6.81. The van der Waals surface area contributed by atoms with E-state index in [-0.39, 0.29) is 30.5 Å². The number of aliphatic imine (C=N–C) groups is 1. The molecule has 2 fully saturated rings. The van der Waals surface area contributed by atoms with Crippen LogP contribution in [0.3, 0.4) is 0 Å². The summed E-state index contributed by atoms with van der Waals surface area (Å²) in [6.07, 6.45) is 8.46. The number of rotatable bonds is 10. The Morgan fingerprint density at radius 3 is 2.50 bits per heavy atom. The van der Waals surface area contributed by atoms with Crippen LogP contribution in [-0.4, -0.2) is 79.8 Å². The van der Waals surface area contributed by atoms with E-state index in [1.165, 1.54) is 0 Å². The van der Waals surface area contributed by atoms with Crippen molar-refractivity contribution in [3.05, 3.63) is 124 Å². The molecule has 4 amide bonds. The third-order valence-electron chi connectivity index (χ3n) is 11.2. The molecule has 0 radical (unpaired) electrons. The maximum atomic E-state index is 13.4. The number of fused-ring (bicyclic) bond motifs is 5. The van der Waals surface area contributed by atoms with E-state index >= 15 is 0 Å². The average molecular weight is 795 g/mol. The van der Waals surface area contributed by atoms with E-state index < -0.39 is 35.2 Å². The number of nitrogens with zero attached hydrogens (tertiary/aromatic N) is 10. The molecule has 3 aromatic carbocycles. The van der Waals surface area contributed by atoms with E-state index in [0.29, 0.717) is 29.5 Å². The Kier molecular flexibility index (Phi) is 8.40. The molecule has 3 aromatic heterocycles. The van der Waals surface area contributed by atoms with Crippen LogP contribution in [-0.2, 0) is 34.8 Å². The molecular weight excluding hydrogens is 760 g/mol. The zero-order chi connectivity index (χ0) is 39.7. The van der Waals surface area contributed by atoms with Crippen LogP contribution >= 0.6 is 11.6 Å². The number of halogens is 1. The first-order chi connectivity index (χ1) is 28.2. The van der Waals surface area contributed by atoms with Gasteiger partial charge in [-0.1, -0.05) is 41.1 Å². The minimum Gasteiger partial charge on any atom is -0.379 e. The predicted molar refractivity (Wildman–Crippen MR) is 210 cm³/mol. The van der Waals surface area contributed by atoms with Crippen molar-refractivity contribution in [2.24, 2.45) is 4.99 Å². The Balaban J connectivity index is 0.806. The van der Waals surface area contributed by atoms with Crippen LogP contribution in [0.1, 0.15) is 81.3 Å². The largest absolute Gasteiger partial charge is 0.379 e. The van der Waals surface area contributed by atoms with Gasteiger partial charge in [-0.05, 0) is 74.6 Å². The number of carbonyl (C=O) groups excluding carboxylic acids is 4. The van der Waals surface area contributed by atoms with Crippen LogP contribution in [0.4, 0.5) is 5.69 Å². The molecule has 0 bridgehead atoms. The van der Waals surface area contributed by atoms with Crippen LogP contribution < -0.4 is 10.6 Å². The number of amides is 4. The Labute approximate surface area is 335 Å². The van der Waals surface area contributed by atoms with Crippen molar-refractivity contribution in [1.29, 1.82) is 0 Å². The van der Waals surface area contributed by atoms with Crippen molar-refractivity contribution in [2.45, 2.75) is 70.2 Å². The number of aryl methyl sites for hydroxylation is 3. The number of anilines is 1. The van der Waals surface area contributed by atoms with E-state index in [1.807, 2.05) is 54.5 Å². The van der Waals surface area contributed by atoms with E-state index in [0.717, 1.165) is 69.5 Å². The molecule has 10 rings (SSSR count). The molecule has 1 unspecified atom stereocenters. The third-order valence-corrected chi connectivity index (χ3v) is 11.4.